The van der Waals surface area contributed by atoms with E-state index in [1.54, 1.807) is 23.2 Å². The van der Waals surface area contributed by atoms with Gasteiger partial charge in [0.2, 0.25) is 0 Å². The summed E-state index contributed by atoms with van der Waals surface area (Å²) >= 11 is 0. The van der Waals surface area contributed by atoms with Gasteiger partial charge in [-0.05, 0) is 31.4 Å². The molecule has 3 aliphatic rings. The molecule has 3 aliphatic heterocycles. The molecule has 3 fully saturated rings. The molecule has 2 aromatic rings. The molecule has 3 atom stereocenters. The van der Waals surface area contributed by atoms with Crippen molar-refractivity contribution in [3.05, 3.63) is 29.8 Å². The zero-order chi connectivity index (χ0) is 19.1. The number of aromatic nitrogens is 1. The number of nitrogens with zero attached hydrogens (tertiary/aromatic N) is 3. The van der Waals surface area contributed by atoms with Gasteiger partial charge in [-0.3, -0.25) is 14.6 Å². The summed E-state index contributed by atoms with van der Waals surface area (Å²) in [6.07, 6.45) is 3.85. The lowest BCUT2D eigenvalue weighted by Gasteiger charge is -2.30. The second kappa shape index (κ2) is 7.18. The topological polar surface area (TPSA) is 87.9 Å². The molecule has 1 unspecified atom stereocenters. The van der Waals surface area contributed by atoms with Gasteiger partial charge in [0, 0.05) is 49.9 Å². The number of carbonyl (C=O) groups excluding carboxylic acids is 2. The maximum atomic E-state index is 12.7. The smallest absolute Gasteiger partial charge is 0.289 e. The minimum atomic E-state index is -0.188. The van der Waals surface area contributed by atoms with Crippen molar-refractivity contribution in [2.24, 2.45) is 5.92 Å². The molecule has 2 bridgehead atoms. The molecule has 5 heterocycles. The second-order valence-electron chi connectivity index (χ2n) is 7.94. The Morgan fingerprint density at radius 2 is 2.00 bits per heavy atom. The van der Waals surface area contributed by atoms with E-state index >= 15 is 0 Å². The standard InChI is InChI=1S/C20H24N4O4/c25-19(22-15-7-13-1-2-23(11-13)12-15)16-9-17-14(10-21-16)8-18(28-17)20(26)24-3-5-27-6-4-24/h8-10,13,15H,1-7,11-12H2,(H,22,25)/t13-,15+/m0/s1. The second-order valence-corrected chi connectivity index (χ2v) is 7.94. The molecule has 2 amide bonds. The molecular formula is C20H24N4O4. The quantitative estimate of drug-likeness (QED) is 0.853. The first-order chi connectivity index (χ1) is 13.7. The van der Waals surface area contributed by atoms with Crippen LogP contribution >= 0.6 is 0 Å². The Balaban J connectivity index is 1.30. The van der Waals surface area contributed by atoms with Crippen LogP contribution < -0.4 is 5.32 Å². The van der Waals surface area contributed by atoms with Gasteiger partial charge < -0.3 is 24.3 Å². The van der Waals surface area contributed by atoms with Crippen molar-refractivity contribution in [1.29, 1.82) is 0 Å². The molecule has 1 N–H and O–H groups in total. The fourth-order valence-corrected chi connectivity index (χ4v) is 4.51. The molecule has 2 aromatic heterocycles. The number of amides is 2. The normalized spacial score (nSPS) is 27.1. The summed E-state index contributed by atoms with van der Waals surface area (Å²) in [6, 6.07) is 3.48. The Kier molecular flexibility index (Phi) is 4.52. The summed E-state index contributed by atoms with van der Waals surface area (Å²) in [6.45, 7) is 5.39. The van der Waals surface area contributed by atoms with Crippen LogP contribution in [-0.4, -0.2) is 78.6 Å². The van der Waals surface area contributed by atoms with Crippen molar-refractivity contribution in [1.82, 2.24) is 20.1 Å². The van der Waals surface area contributed by atoms with Crippen molar-refractivity contribution >= 4 is 22.8 Å². The van der Waals surface area contributed by atoms with E-state index in [1.165, 1.54) is 6.42 Å². The minimum absolute atomic E-state index is 0.155. The average Bonchev–Trinajstić information content (AvgIpc) is 3.30. The predicted octanol–water partition coefficient (Wildman–Crippen LogP) is 1.12. The Labute approximate surface area is 162 Å². The molecule has 28 heavy (non-hydrogen) atoms. The van der Waals surface area contributed by atoms with Gasteiger partial charge in [-0.1, -0.05) is 0 Å². The maximum absolute atomic E-state index is 12.7. The van der Waals surface area contributed by atoms with Gasteiger partial charge in [0.1, 0.15) is 11.3 Å². The predicted molar refractivity (Wildman–Crippen MR) is 101 cm³/mol. The molecule has 0 spiro atoms. The third kappa shape index (κ3) is 3.38. The summed E-state index contributed by atoms with van der Waals surface area (Å²) in [5.74, 6) is 0.616. The van der Waals surface area contributed by atoms with E-state index < -0.39 is 0 Å². The van der Waals surface area contributed by atoms with Crippen molar-refractivity contribution in [2.45, 2.75) is 18.9 Å². The van der Waals surface area contributed by atoms with Crippen molar-refractivity contribution in [3.63, 3.8) is 0 Å². The first-order valence-electron chi connectivity index (χ1n) is 9.95. The van der Waals surface area contributed by atoms with E-state index in [9.17, 15) is 9.59 Å². The van der Waals surface area contributed by atoms with Gasteiger partial charge in [-0.2, -0.15) is 0 Å². The molecule has 148 valence electrons. The number of furan rings is 1. The molecule has 0 aliphatic carbocycles. The molecule has 0 saturated carbocycles. The van der Waals surface area contributed by atoms with Gasteiger partial charge >= 0.3 is 0 Å². The monoisotopic (exact) mass is 384 g/mol. The summed E-state index contributed by atoms with van der Waals surface area (Å²) in [5.41, 5.74) is 0.823. The number of rotatable bonds is 3. The largest absolute Gasteiger partial charge is 0.451 e. The van der Waals surface area contributed by atoms with Crippen LogP contribution in [0.4, 0.5) is 0 Å². The van der Waals surface area contributed by atoms with E-state index in [1.807, 2.05) is 0 Å². The van der Waals surface area contributed by atoms with Crippen molar-refractivity contribution in [2.75, 3.05) is 45.9 Å². The van der Waals surface area contributed by atoms with Crippen LogP contribution in [0.15, 0.2) is 22.7 Å². The first kappa shape index (κ1) is 17.6. The zero-order valence-electron chi connectivity index (χ0n) is 15.7. The number of ether oxygens (including phenoxy) is 1. The fraction of sp³-hybridized carbons (Fsp3) is 0.550. The number of pyridine rings is 1. The van der Waals surface area contributed by atoms with E-state index in [-0.39, 0.29) is 23.6 Å². The molecular weight excluding hydrogens is 360 g/mol. The Morgan fingerprint density at radius 1 is 1.14 bits per heavy atom. The molecule has 8 heteroatoms. The van der Waals surface area contributed by atoms with Crippen molar-refractivity contribution in [3.8, 4) is 0 Å². The van der Waals surface area contributed by atoms with Gasteiger partial charge in [-0.25, -0.2) is 0 Å². The molecule has 0 aromatic carbocycles. The number of carbonyl (C=O) groups is 2. The molecule has 5 rings (SSSR count). The van der Waals surface area contributed by atoms with Gasteiger partial charge in [-0.15, -0.1) is 0 Å². The van der Waals surface area contributed by atoms with Crippen LogP contribution in [0.2, 0.25) is 0 Å². The number of hydrogen-bond acceptors (Lipinski definition) is 6. The van der Waals surface area contributed by atoms with Crippen molar-refractivity contribution < 1.29 is 18.7 Å². The number of morpholine rings is 1. The average molecular weight is 384 g/mol. The number of hydrogen-bond donors (Lipinski definition) is 1. The van der Waals surface area contributed by atoms with Crippen LogP contribution in [-0.2, 0) is 4.74 Å². The summed E-state index contributed by atoms with van der Waals surface area (Å²) in [5, 5.41) is 3.83. The summed E-state index contributed by atoms with van der Waals surface area (Å²) in [7, 11) is 0. The Morgan fingerprint density at radius 3 is 2.82 bits per heavy atom. The van der Waals surface area contributed by atoms with Crippen LogP contribution in [0, 0.1) is 5.92 Å². The third-order valence-electron chi connectivity index (χ3n) is 5.94. The van der Waals surface area contributed by atoms with E-state index in [4.69, 9.17) is 9.15 Å². The minimum Gasteiger partial charge on any atom is -0.451 e. The lowest BCUT2D eigenvalue weighted by Crippen LogP contribution is -2.47. The SMILES string of the molecule is O=C(N[C@@H]1C[C@@H]2CCN(C2)C1)c1cc2oc(C(=O)N3CCOCC3)cc2cn1. The Bertz CT molecular complexity index is 893. The van der Waals surface area contributed by atoms with Crippen LogP contribution in [0.1, 0.15) is 33.9 Å². The molecule has 0 radical (unpaired) electrons. The number of piperidine rings is 1. The number of fused-ring (bicyclic) bond motifs is 3. The van der Waals surface area contributed by atoms with Crippen LogP contribution in [0.3, 0.4) is 0 Å². The number of nitrogens with one attached hydrogen (secondary N) is 1. The summed E-state index contributed by atoms with van der Waals surface area (Å²) < 4.78 is 11.0. The fourth-order valence-electron chi connectivity index (χ4n) is 4.51. The molecule has 3 saturated heterocycles. The van der Waals surface area contributed by atoms with E-state index in [0.717, 1.165) is 31.4 Å². The van der Waals surface area contributed by atoms with Crippen LogP contribution in [0.5, 0.6) is 0 Å². The van der Waals surface area contributed by atoms with Crippen LogP contribution in [0.25, 0.3) is 11.0 Å². The first-order valence-corrected chi connectivity index (χ1v) is 9.95. The van der Waals surface area contributed by atoms with Gasteiger partial charge in [0.25, 0.3) is 11.8 Å². The highest BCUT2D eigenvalue weighted by molar-refractivity contribution is 5.98. The summed E-state index contributed by atoms with van der Waals surface area (Å²) in [4.78, 5) is 33.7. The highest BCUT2D eigenvalue weighted by Gasteiger charge is 2.33. The molecule has 8 nitrogen and oxygen atoms in total. The van der Waals surface area contributed by atoms with E-state index in [0.29, 0.717) is 43.5 Å². The lowest BCUT2D eigenvalue weighted by molar-refractivity contribution is 0.0284. The Hall–Kier alpha value is -2.45. The van der Waals surface area contributed by atoms with Gasteiger partial charge in [0.05, 0.1) is 13.2 Å². The maximum Gasteiger partial charge on any atom is 0.289 e. The highest BCUT2D eigenvalue weighted by Crippen LogP contribution is 2.27. The zero-order valence-corrected chi connectivity index (χ0v) is 15.7. The highest BCUT2D eigenvalue weighted by atomic mass is 16.5. The lowest BCUT2D eigenvalue weighted by atomic mass is 9.97. The third-order valence-corrected chi connectivity index (χ3v) is 5.94. The van der Waals surface area contributed by atoms with Gasteiger partial charge in [0.15, 0.2) is 5.76 Å². The van der Waals surface area contributed by atoms with E-state index in [2.05, 4.69) is 15.2 Å².